The van der Waals surface area contributed by atoms with E-state index in [1.165, 1.54) is 0 Å². The van der Waals surface area contributed by atoms with Crippen molar-refractivity contribution in [3.05, 3.63) is 0 Å². The first-order valence-electron chi connectivity index (χ1n) is 6.55. The summed E-state index contributed by atoms with van der Waals surface area (Å²) in [6.45, 7) is 8.69. The van der Waals surface area contributed by atoms with Crippen molar-refractivity contribution < 1.29 is 23.2 Å². The molecule has 0 aromatic carbocycles. The predicted molar refractivity (Wildman–Crippen MR) is 68.2 cm³/mol. The van der Waals surface area contributed by atoms with Crippen LogP contribution in [-0.2, 0) is 23.2 Å². The van der Waals surface area contributed by atoms with Crippen LogP contribution in [0.1, 0.15) is 34.1 Å². The molecule has 0 bridgehead atoms. The third kappa shape index (κ3) is 3.18. The van der Waals surface area contributed by atoms with Gasteiger partial charge >= 0.3 is 21.2 Å². The van der Waals surface area contributed by atoms with Crippen LogP contribution in [0.2, 0.25) is 5.54 Å². The first-order chi connectivity index (χ1) is 8.56. The van der Waals surface area contributed by atoms with E-state index in [-0.39, 0.29) is 5.54 Å². The van der Waals surface area contributed by atoms with E-state index in [1.54, 1.807) is 6.92 Å². The van der Waals surface area contributed by atoms with Crippen molar-refractivity contribution in [1.82, 2.24) is 0 Å². The molecule has 0 aromatic rings. The minimum absolute atomic E-state index is 0.0150. The number of carbonyl (C=O) groups is 2. The highest BCUT2D eigenvalue weighted by atomic mass is 28.3. The molecule has 6 heteroatoms. The fourth-order valence-electron chi connectivity index (χ4n) is 2.40. The zero-order valence-electron chi connectivity index (χ0n) is 11.5. The van der Waals surface area contributed by atoms with Crippen molar-refractivity contribution in [3.63, 3.8) is 0 Å². The molecule has 0 amide bonds. The summed E-state index contributed by atoms with van der Waals surface area (Å²) in [6, 6.07) is 0. The summed E-state index contributed by atoms with van der Waals surface area (Å²) in [4.78, 5) is 23.2. The van der Waals surface area contributed by atoms with E-state index in [1.807, 2.05) is 20.8 Å². The van der Waals surface area contributed by atoms with Crippen LogP contribution in [0.5, 0.6) is 0 Å². The molecule has 5 nitrogen and oxygen atoms in total. The second-order valence-electron chi connectivity index (χ2n) is 4.41. The molecule has 18 heavy (non-hydrogen) atoms. The summed E-state index contributed by atoms with van der Waals surface area (Å²) in [5, 5.41) is 0. The number of cyclic esters (lactones) is 2. The van der Waals surface area contributed by atoms with E-state index in [0.29, 0.717) is 13.2 Å². The van der Waals surface area contributed by atoms with E-state index in [9.17, 15) is 9.59 Å². The maximum Gasteiger partial charge on any atom is 0.325 e. The molecule has 0 aliphatic carbocycles. The van der Waals surface area contributed by atoms with Gasteiger partial charge in [0.15, 0.2) is 0 Å². The van der Waals surface area contributed by atoms with Gasteiger partial charge in [-0.3, -0.25) is 9.59 Å². The molecule has 1 aliphatic heterocycles. The van der Waals surface area contributed by atoms with Gasteiger partial charge in [-0.1, -0.05) is 20.3 Å². The Morgan fingerprint density at radius 3 is 2.06 bits per heavy atom. The zero-order chi connectivity index (χ0) is 13.7. The Kier molecular flexibility index (Phi) is 5.97. The van der Waals surface area contributed by atoms with Crippen molar-refractivity contribution >= 4 is 21.2 Å². The topological polar surface area (TPSA) is 61.8 Å². The summed E-state index contributed by atoms with van der Waals surface area (Å²) in [7, 11) is -1.96. The van der Waals surface area contributed by atoms with Crippen molar-refractivity contribution in [1.29, 1.82) is 0 Å². The van der Waals surface area contributed by atoms with Gasteiger partial charge in [0.05, 0.1) is 11.8 Å². The number of hydrogen-bond acceptors (Lipinski definition) is 5. The number of hydrogen-bond donors (Lipinski definition) is 0. The lowest BCUT2D eigenvalue weighted by Crippen LogP contribution is -2.37. The molecule has 0 spiro atoms. The van der Waals surface area contributed by atoms with Crippen LogP contribution in [0.3, 0.4) is 0 Å². The van der Waals surface area contributed by atoms with Gasteiger partial charge in [-0.05, 0) is 13.8 Å². The molecule has 1 saturated heterocycles. The van der Waals surface area contributed by atoms with Crippen LogP contribution < -0.4 is 0 Å². The average Bonchev–Trinajstić information content (AvgIpc) is 2.57. The third-order valence-corrected chi connectivity index (χ3v) is 6.24. The van der Waals surface area contributed by atoms with Crippen molar-refractivity contribution in [2.45, 2.75) is 39.7 Å². The molecule has 0 radical (unpaired) electrons. The standard InChI is InChI=1S/C12H22O5Si/c1-5-9(18(15-6-2)16-7-3)10-8(4)11(13)17-12(10)14/h8-10,18H,5-7H2,1-4H3. The van der Waals surface area contributed by atoms with E-state index in [2.05, 4.69) is 0 Å². The summed E-state index contributed by atoms with van der Waals surface area (Å²) in [6.07, 6.45) is 0.758. The van der Waals surface area contributed by atoms with E-state index in [0.717, 1.165) is 6.42 Å². The van der Waals surface area contributed by atoms with Gasteiger partial charge in [0, 0.05) is 18.8 Å². The Morgan fingerprint density at radius 1 is 1.17 bits per heavy atom. The van der Waals surface area contributed by atoms with Crippen molar-refractivity contribution in [2.24, 2.45) is 11.8 Å². The highest BCUT2D eigenvalue weighted by Gasteiger charge is 2.48. The number of ether oxygens (including phenoxy) is 1. The molecule has 1 rings (SSSR count). The van der Waals surface area contributed by atoms with Gasteiger partial charge < -0.3 is 13.6 Å². The fraction of sp³-hybridized carbons (Fsp3) is 0.833. The van der Waals surface area contributed by atoms with Gasteiger partial charge in [0.1, 0.15) is 0 Å². The molecule has 1 fully saturated rings. The quantitative estimate of drug-likeness (QED) is 0.399. The Morgan fingerprint density at radius 2 is 1.72 bits per heavy atom. The monoisotopic (exact) mass is 274 g/mol. The summed E-state index contributed by atoms with van der Waals surface area (Å²) >= 11 is 0. The molecule has 0 saturated carbocycles. The summed E-state index contributed by atoms with van der Waals surface area (Å²) < 4.78 is 16.1. The Bertz CT molecular complexity index is 301. The number of esters is 2. The van der Waals surface area contributed by atoms with Gasteiger partial charge in [0.2, 0.25) is 0 Å². The molecule has 3 atom stereocenters. The summed E-state index contributed by atoms with van der Waals surface area (Å²) in [5.74, 6) is -1.64. The van der Waals surface area contributed by atoms with Crippen LogP contribution >= 0.6 is 0 Å². The molecule has 1 heterocycles. The third-order valence-electron chi connectivity index (χ3n) is 3.33. The lowest BCUT2D eigenvalue weighted by atomic mass is 9.92. The van der Waals surface area contributed by atoms with Crippen LogP contribution in [-0.4, -0.2) is 34.4 Å². The fourth-order valence-corrected chi connectivity index (χ4v) is 4.86. The second kappa shape index (κ2) is 7.01. The molecule has 1 aliphatic rings. The largest absolute Gasteiger partial charge is 0.397 e. The molecule has 104 valence electrons. The van der Waals surface area contributed by atoms with Crippen LogP contribution in [0, 0.1) is 11.8 Å². The van der Waals surface area contributed by atoms with Gasteiger partial charge in [-0.15, -0.1) is 0 Å². The Hall–Kier alpha value is -0.723. The maximum absolute atomic E-state index is 11.8. The number of carbonyl (C=O) groups excluding carboxylic acids is 2. The normalized spacial score (nSPS) is 25.6. The van der Waals surface area contributed by atoms with E-state index < -0.39 is 33.1 Å². The predicted octanol–water partition coefficient (Wildman–Crippen LogP) is 1.40. The van der Waals surface area contributed by atoms with E-state index >= 15 is 0 Å². The van der Waals surface area contributed by atoms with Crippen molar-refractivity contribution in [3.8, 4) is 0 Å². The smallest absolute Gasteiger partial charge is 0.325 e. The van der Waals surface area contributed by atoms with E-state index in [4.69, 9.17) is 13.6 Å². The van der Waals surface area contributed by atoms with Gasteiger partial charge in [-0.25, -0.2) is 0 Å². The zero-order valence-corrected chi connectivity index (χ0v) is 12.6. The van der Waals surface area contributed by atoms with Gasteiger partial charge in [0.25, 0.3) is 0 Å². The molecule has 0 N–H and O–H groups in total. The Balaban J connectivity index is 2.86. The highest BCUT2D eigenvalue weighted by Crippen LogP contribution is 2.38. The first-order valence-corrected chi connectivity index (χ1v) is 8.16. The van der Waals surface area contributed by atoms with Gasteiger partial charge in [-0.2, -0.15) is 0 Å². The molecule has 3 unspecified atom stereocenters. The second-order valence-corrected chi connectivity index (χ2v) is 6.67. The average molecular weight is 274 g/mol. The summed E-state index contributed by atoms with van der Waals surface area (Å²) in [5.41, 5.74) is -0.0150. The highest BCUT2D eigenvalue weighted by molar-refractivity contribution is 6.47. The van der Waals surface area contributed by atoms with Crippen LogP contribution in [0.25, 0.3) is 0 Å². The lowest BCUT2D eigenvalue weighted by molar-refractivity contribution is -0.153. The molecular formula is C12H22O5Si. The van der Waals surface area contributed by atoms with Crippen molar-refractivity contribution in [2.75, 3.05) is 13.2 Å². The lowest BCUT2D eigenvalue weighted by Gasteiger charge is -2.27. The SMILES string of the molecule is CCO[SiH](OCC)C(CC)C1C(=O)OC(=O)C1C. The van der Waals surface area contributed by atoms with Crippen LogP contribution in [0.15, 0.2) is 0 Å². The Labute approximate surface area is 110 Å². The molecular weight excluding hydrogens is 252 g/mol. The minimum atomic E-state index is -1.96. The number of rotatable bonds is 7. The minimum Gasteiger partial charge on any atom is -0.397 e. The first kappa shape index (κ1) is 15.3. The molecule has 0 aromatic heterocycles. The maximum atomic E-state index is 11.8. The van der Waals surface area contributed by atoms with Crippen LogP contribution in [0.4, 0.5) is 0 Å².